The average molecular weight is 285 g/mol. The first-order valence-electron chi connectivity index (χ1n) is 6.34. The molecule has 1 aromatic carbocycles. The number of aromatic nitrogens is 2. The third-order valence-electron chi connectivity index (χ3n) is 3.07. The number of thiazole rings is 1. The smallest absolute Gasteiger partial charge is 0.134 e. The largest absolute Gasteiger partial charge is 0.497 e. The first kappa shape index (κ1) is 12.9. The van der Waals surface area contributed by atoms with E-state index in [4.69, 9.17) is 4.74 Å². The highest BCUT2D eigenvalue weighted by molar-refractivity contribution is 7.11. The first-order valence-corrected chi connectivity index (χ1v) is 7.16. The number of fused-ring (bicyclic) bond motifs is 1. The molecule has 102 valence electrons. The maximum absolute atomic E-state index is 5.25. The van der Waals surface area contributed by atoms with Crippen LogP contribution in [0.25, 0.3) is 10.8 Å². The van der Waals surface area contributed by atoms with Crippen LogP contribution in [0.1, 0.15) is 9.88 Å². The van der Waals surface area contributed by atoms with Crippen molar-refractivity contribution in [3.05, 3.63) is 46.5 Å². The molecule has 0 unspecified atom stereocenters. The highest BCUT2D eigenvalue weighted by Gasteiger charge is 2.04. The summed E-state index contributed by atoms with van der Waals surface area (Å²) in [5.41, 5.74) is 0. The summed E-state index contributed by atoms with van der Waals surface area (Å²) in [6.07, 6.45) is 3.71. The molecule has 0 fully saturated rings. The molecular formula is C15H15N3OS. The number of rotatable bonds is 4. The topological polar surface area (TPSA) is 47.0 Å². The number of benzene rings is 1. The van der Waals surface area contributed by atoms with Crippen molar-refractivity contribution in [1.82, 2.24) is 9.97 Å². The van der Waals surface area contributed by atoms with E-state index in [-0.39, 0.29) is 0 Å². The van der Waals surface area contributed by atoms with Gasteiger partial charge in [0, 0.05) is 22.7 Å². The minimum atomic E-state index is 0.740. The molecule has 0 spiro atoms. The minimum absolute atomic E-state index is 0.740. The van der Waals surface area contributed by atoms with E-state index in [1.807, 2.05) is 43.6 Å². The molecule has 3 rings (SSSR count). The number of nitrogens with one attached hydrogen (secondary N) is 1. The molecule has 2 heterocycles. The van der Waals surface area contributed by atoms with Gasteiger partial charge in [0.25, 0.3) is 0 Å². The molecule has 20 heavy (non-hydrogen) atoms. The number of anilines is 1. The molecule has 3 aromatic rings. The minimum Gasteiger partial charge on any atom is -0.497 e. The van der Waals surface area contributed by atoms with Crippen LogP contribution in [0.4, 0.5) is 5.82 Å². The van der Waals surface area contributed by atoms with Gasteiger partial charge in [0.05, 0.1) is 18.7 Å². The molecule has 0 bridgehead atoms. The second-order valence-electron chi connectivity index (χ2n) is 4.45. The number of ether oxygens (including phenoxy) is 1. The number of aryl methyl sites for hydroxylation is 1. The van der Waals surface area contributed by atoms with Crippen LogP contribution in [0, 0.1) is 6.92 Å². The van der Waals surface area contributed by atoms with Crippen molar-refractivity contribution in [2.75, 3.05) is 12.4 Å². The molecule has 2 aromatic heterocycles. The van der Waals surface area contributed by atoms with Crippen molar-refractivity contribution in [2.45, 2.75) is 13.5 Å². The Hall–Kier alpha value is -2.14. The summed E-state index contributed by atoms with van der Waals surface area (Å²) in [7, 11) is 1.67. The number of pyridine rings is 1. The Bertz CT molecular complexity index is 739. The van der Waals surface area contributed by atoms with Gasteiger partial charge in [-0.05, 0) is 36.6 Å². The van der Waals surface area contributed by atoms with Crippen molar-refractivity contribution in [3.63, 3.8) is 0 Å². The molecule has 5 heteroatoms. The highest BCUT2D eigenvalue weighted by atomic mass is 32.1. The lowest BCUT2D eigenvalue weighted by Crippen LogP contribution is -2.00. The number of nitrogens with zero attached hydrogens (tertiary/aromatic N) is 2. The Labute approximate surface area is 121 Å². The predicted molar refractivity (Wildman–Crippen MR) is 82.5 cm³/mol. The lowest BCUT2D eigenvalue weighted by molar-refractivity contribution is 0.415. The standard InChI is InChI=1S/C15H15N3OS/c1-10-17-8-13(20-10)9-18-15-14-4-3-12(19-2)7-11(14)5-6-16-15/h3-8H,9H2,1-2H3,(H,16,18). The lowest BCUT2D eigenvalue weighted by atomic mass is 10.1. The van der Waals surface area contributed by atoms with E-state index in [1.165, 1.54) is 4.88 Å². The lowest BCUT2D eigenvalue weighted by Gasteiger charge is -2.08. The quantitative estimate of drug-likeness (QED) is 0.795. The van der Waals surface area contributed by atoms with Crippen molar-refractivity contribution in [2.24, 2.45) is 0 Å². The maximum Gasteiger partial charge on any atom is 0.134 e. The van der Waals surface area contributed by atoms with E-state index >= 15 is 0 Å². The third-order valence-corrected chi connectivity index (χ3v) is 3.98. The number of hydrogen-bond acceptors (Lipinski definition) is 5. The Morgan fingerprint density at radius 1 is 1.25 bits per heavy atom. The predicted octanol–water partition coefficient (Wildman–Crippen LogP) is 3.62. The molecule has 0 saturated heterocycles. The number of hydrogen-bond donors (Lipinski definition) is 1. The van der Waals surface area contributed by atoms with Crippen molar-refractivity contribution >= 4 is 27.9 Å². The molecule has 0 amide bonds. The van der Waals surface area contributed by atoms with Crippen molar-refractivity contribution < 1.29 is 4.74 Å². The Balaban J connectivity index is 1.87. The monoisotopic (exact) mass is 285 g/mol. The van der Waals surface area contributed by atoms with Crippen LogP contribution in [0.3, 0.4) is 0 Å². The van der Waals surface area contributed by atoms with E-state index < -0.39 is 0 Å². The molecular weight excluding hydrogens is 270 g/mol. The van der Waals surface area contributed by atoms with Gasteiger partial charge in [0.1, 0.15) is 11.6 Å². The van der Waals surface area contributed by atoms with Gasteiger partial charge in [-0.3, -0.25) is 0 Å². The fraction of sp³-hybridized carbons (Fsp3) is 0.200. The van der Waals surface area contributed by atoms with Gasteiger partial charge in [-0.15, -0.1) is 11.3 Å². The third kappa shape index (κ3) is 2.58. The van der Waals surface area contributed by atoms with Gasteiger partial charge in [0.15, 0.2) is 0 Å². The Morgan fingerprint density at radius 2 is 2.15 bits per heavy atom. The molecule has 1 N–H and O–H groups in total. The summed E-state index contributed by atoms with van der Waals surface area (Å²) in [4.78, 5) is 9.88. The fourth-order valence-electron chi connectivity index (χ4n) is 2.08. The van der Waals surface area contributed by atoms with Gasteiger partial charge in [-0.1, -0.05) is 0 Å². The summed E-state index contributed by atoms with van der Waals surface area (Å²) in [5.74, 6) is 1.74. The van der Waals surface area contributed by atoms with Gasteiger partial charge in [-0.2, -0.15) is 0 Å². The summed E-state index contributed by atoms with van der Waals surface area (Å²) in [5, 5.41) is 6.66. The van der Waals surface area contributed by atoms with Gasteiger partial charge in [-0.25, -0.2) is 9.97 Å². The highest BCUT2D eigenvalue weighted by Crippen LogP contribution is 2.25. The van der Waals surface area contributed by atoms with E-state index in [0.717, 1.165) is 33.9 Å². The Kier molecular flexibility index (Phi) is 3.52. The molecule has 0 aliphatic heterocycles. The number of methoxy groups -OCH3 is 1. The van der Waals surface area contributed by atoms with E-state index in [9.17, 15) is 0 Å². The molecule has 4 nitrogen and oxygen atoms in total. The summed E-state index contributed by atoms with van der Waals surface area (Å²) < 4.78 is 5.25. The van der Waals surface area contributed by atoms with Crippen LogP contribution in [-0.4, -0.2) is 17.1 Å². The zero-order chi connectivity index (χ0) is 13.9. The van der Waals surface area contributed by atoms with Gasteiger partial charge >= 0.3 is 0 Å². The van der Waals surface area contributed by atoms with Crippen LogP contribution in [-0.2, 0) is 6.54 Å². The normalized spacial score (nSPS) is 10.7. The summed E-state index contributed by atoms with van der Waals surface area (Å²) >= 11 is 1.70. The van der Waals surface area contributed by atoms with Gasteiger partial charge in [0.2, 0.25) is 0 Å². The fourth-order valence-corrected chi connectivity index (χ4v) is 2.82. The van der Waals surface area contributed by atoms with Crippen LogP contribution < -0.4 is 10.1 Å². The Morgan fingerprint density at radius 3 is 2.90 bits per heavy atom. The van der Waals surface area contributed by atoms with Crippen molar-refractivity contribution in [1.29, 1.82) is 0 Å². The molecule has 0 aliphatic carbocycles. The van der Waals surface area contributed by atoms with E-state index in [1.54, 1.807) is 18.4 Å². The van der Waals surface area contributed by atoms with E-state index in [2.05, 4.69) is 15.3 Å². The van der Waals surface area contributed by atoms with Crippen molar-refractivity contribution in [3.8, 4) is 5.75 Å². The summed E-state index contributed by atoms with van der Waals surface area (Å²) in [6.45, 7) is 2.75. The van der Waals surface area contributed by atoms with Crippen LogP contribution in [0.15, 0.2) is 36.7 Å². The molecule has 0 aliphatic rings. The average Bonchev–Trinajstić information content (AvgIpc) is 2.90. The first-order chi connectivity index (χ1) is 9.76. The van der Waals surface area contributed by atoms with E-state index in [0.29, 0.717) is 0 Å². The maximum atomic E-state index is 5.25. The second kappa shape index (κ2) is 5.46. The molecule has 0 radical (unpaired) electrons. The molecule has 0 atom stereocenters. The zero-order valence-corrected chi connectivity index (χ0v) is 12.2. The van der Waals surface area contributed by atoms with Crippen LogP contribution in [0.2, 0.25) is 0 Å². The van der Waals surface area contributed by atoms with Crippen LogP contribution in [0.5, 0.6) is 5.75 Å². The van der Waals surface area contributed by atoms with Gasteiger partial charge < -0.3 is 10.1 Å². The van der Waals surface area contributed by atoms with Crippen LogP contribution >= 0.6 is 11.3 Å². The summed E-state index contributed by atoms with van der Waals surface area (Å²) in [6, 6.07) is 7.98. The molecule has 0 saturated carbocycles. The SMILES string of the molecule is COc1ccc2c(NCc3cnc(C)s3)nccc2c1. The second-order valence-corrected chi connectivity index (χ2v) is 5.77. The zero-order valence-electron chi connectivity index (χ0n) is 11.4.